The minimum absolute atomic E-state index is 0.120. The van der Waals surface area contributed by atoms with Crippen molar-refractivity contribution in [2.75, 3.05) is 47.9 Å². The first-order chi connectivity index (χ1) is 17.1. The number of sulfone groups is 1. The maximum atomic E-state index is 12.6. The molecule has 0 unspecified atom stereocenters. The fraction of sp³-hybridized carbons (Fsp3) is 0.364. The van der Waals surface area contributed by atoms with Crippen molar-refractivity contribution in [3.63, 3.8) is 0 Å². The summed E-state index contributed by atoms with van der Waals surface area (Å²) >= 11 is 0. The molecule has 0 bridgehead atoms. The Labute approximate surface area is 205 Å². The van der Waals surface area contributed by atoms with E-state index in [-0.39, 0.29) is 23.4 Å². The van der Waals surface area contributed by atoms with Gasteiger partial charge in [-0.25, -0.2) is 23.4 Å². The van der Waals surface area contributed by atoms with Gasteiger partial charge in [0.15, 0.2) is 15.7 Å². The predicted octanol–water partition coefficient (Wildman–Crippen LogP) is 2.49. The van der Waals surface area contributed by atoms with E-state index in [4.69, 9.17) is 0 Å². The summed E-state index contributed by atoms with van der Waals surface area (Å²) in [4.78, 5) is 21.5. The summed E-state index contributed by atoms with van der Waals surface area (Å²) < 4.78 is 65.2. The molecule has 190 valence electrons. The van der Waals surface area contributed by atoms with Gasteiger partial charge in [-0.1, -0.05) is 0 Å². The van der Waals surface area contributed by atoms with Gasteiger partial charge in [-0.3, -0.25) is 9.88 Å². The molecule has 2 aliphatic heterocycles. The Balaban J connectivity index is 1.36. The number of halogens is 3. The van der Waals surface area contributed by atoms with Crippen molar-refractivity contribution in [1.82, 2.24) is 24.8 Å². The Morgan fingerprint density at radius 2 is 1.81 bits per heavy atom. The predicted molar refractivity (Wildman–Crippen MR) is 126 cm³/mol. The number of aromatic nitrogens is 4. The number of anilines is 3. The number of hydrogen-bond acceptors (Lipinski definition) is 10. The second-order valence-corrected chi connectivity index (χ2v) is 10.8. The molecule has 1 N–H and O–H groups in total. The van der Waals surface area contributed by atoms with Crippen LogP contribution in [0.5, 0.6) is 5.75 Å². The van der Waals surface area contributed by atoms with E-state index in [1.807, 2.05) is 4.90 Å². The summed E-state index contributed by atoms with van der Waals surface area (Å²) in [6.45, 7) is 2.35. The topological polar surface area (TPSA) is 113 Å². The highest BCUT2D eigenvalue weighted by atomic mass is 32.2. The lowest BCUT2D eigenvalue weighted by molar-refractivity contribution is -0.274. The minimum atomic E-state index is -4.82. The van der Waals surface area contributed by atoms with Gasteiger partial charge in [0, 0.05) is 68.5 Å². The van der Waals surface area contributed by atoms with E-state index in [0.29, 0.717) is 49.2 Å². The molecule has 0 amide bonds. The third-order valence-electron chi connectivity index (χ3n) is 5.94. The van der Waals surface area contributed by atoms with Crippen LogP contribution < -0.4 is 15.0 Å². The van der Waals surface area contributed by atoms with Crippen LogP contribution in [0.25, 0.3) is 11.4 Å². The smallest absolute Gasteiger partial charge is 0.406 e. The van der Waals surface area contributed by atoms with Crippen LogP contribution in [-0.4, -0.2) is 83.3 Å². The average molecular weight is 522 g/mol. The monoisotopic (exact) mass is 521 g/mol. The van der Waals surface area contributed by atoms with Crippen molar-refractivity contribution >= 4 is 27.3 Å². The van der Waals surface area contributed by atoms with Crippen molar-refractivity contribution in [3.8, 4) is 17.1 Å². The van der Waals surface area contributed by atoms with Crippen LogP contribution in [0.1, 0.15) is 0 Å². The number of pyridine rings is 2. The molecular formula is C22H22F3N7O3S. The SMILES string of the molecule is O=S1(=O)CCN(C2CN(c3cc(Nc4cc(OC(F)(F)F)ccn4)nc(-c4cccnc4)n3)C2)CC1. The van der Waals surface area contributed by atoms with Crippen LogP contribution in [0.3, 0.4) is 0 Å². The van der Waals surface area contributed by atoms with E-state index in [9.17, 15) is 21.6 Å². The Kier molecular flexibility index (Phi) is 6.38. The van der Waals surface area contributed by atoms with Gasteiger partial charge >= 0.3 is 6.36 Å². The number of alkyl halides is 3. The quantitative estimate of drug-likeness (QED) is 0.519. The molecular weight excluding hydrogens is 499 g/mol. The van der Waals surface area contributed by atoms with Crippen LogP contribution in [0.2, 0.25) is 0 Å². The molecule has 5 heterocycles. The molecule has 2 aliphatic rings. The van der Waals surface area contributed by atoms with Gasteiger partial charge < -0.3 is 15.0 Å². The highest BCUT2D eigenvalue weighted by Gasteiger charge is 2.36. The van der Waals surface area contributed by atoms with Crippen molar-refractivity contribution in [2.45, 2.75) is 12.4 Å². The van der Waals surface area contributed by atoms with Gasteiger partial charge in [-0.15, -0.1) is 13.2 Å². The standard InChI is InChI=1S/C22H22F3N7O3S/c23-22(24,25)35-17-3-5-27-18(10-17)28-19-11-20(30-21(29-19)15-2-1-4-26-12-15)32-13-16(14-32)31-6-8-36(33,34)9-7-31/h1-5,10-12,16H,6-9,13-14H2,(H,27,28,29,30). The van der Waals surface area contributed by atoms with Gasteiger partial charge in [-0.2, -0.15) is 0 Å². The second-order valence-electron chi connectivity index (χ2n) is 8.47. The molecule has 0 aliphatic carbocycles. The lowest BCUT2D eigenvalue weighted by Gasteiger charge is -2.47. The maximum Gasteiger partial charge on any atom is 0.573 e. The summed E-state index contributed by atoms with van der Waals surface area (Å²) in [5, 5.41) is 2.93. The van der Waals surface area contributed by atoms with Gasteiger partial charge in [0.1, 0.15) is 23.2 Å². The molecule has 0 atom stereocenters. The molecule has 0 spiro atoms. The zero-order chi connectivity index (χ0) is 25.3. The summed E-state index contributed by atoms with van der Waals surface area (Å²) in [6.07, 6.45) is -0.374. The zero-order valence-corrected chi connectivity index (χ0v) is 19.7. The Morgan fingerprint density at radius 3 is 2.50 bits per heavy atom. The second kappa shape index (κ2) is 9.50. The number of nitrogens with one attached hydrogen (secondary N) is 1. The van der Waals surface area contributed by atoms with E-state index in [1.54, 1.807) is 30.6 Å². The van der Waals surface area contributed by atoms with Crippen LogP contribution in [0, 0.1) is 0 Å². The Morgan fingerprint density at radius 1 is 1.03 bits per heavy atom. The average Bonchev–Trinajstić information content (AvgIpc) is 2.79. The lowest BCUT2D eigenvalue weighted by atomic mass is 10.1. The number of ether oxygens (including phenoxy) is 1. The van der Waals surface area contributed by atoms with Gasteiger partial charge in [0.05, 0.1) is 11.5 Å². The van der Waals surface area contributed by atoms with Crippen molar-refractivity contribution < 1.29 is 26.3 Å². The van der Waals surface area contributed by atoms with Crippen molar-refractivity contribution in [3.05, 3.63) is 48.9 Å². The number of hydrogen-bond donors (Lipinski definition) is 1. The first-order valence-electron chi connectivity index (χ1n) is 11.1. The van der Waals surface area contributed by atoms with Crippen LogP contribution in [0.15, 0.2) is 48.9 Å². The molecule has 2 saturated heterocycles. The van der Waals surface area contributed by atoms with Crippen molar-refractivity contribution in [2.24, 2.45) is 0 Å². The molecule has 2 fully saturated rings. The largest absolute Gasteiger partial charge is 0.573 e. The first-order valence-corrected chi connectivity index (χ1v) is 12.9. The third-order valence-corrected chi connectivity index (χ3v) is 7.54. The highest BCUT2D eigenvalue weighted by Crippen LogP contribution is 2.30. The zero-order valence-electron chi connectivity index (χ0n) is 18.9. The molecule has 3 aromatic rings. The summed E-state index contributed by atoms with van der Waals surface area (Å²) in [7, 11) is -2.95. The molecule has 0 radical (unpaired) electrons. The lowest BCUT2D eigenvalue weighted by Crippen LogP contribution is -2.62. The van der Waals surface area contributed by atoms with Crippen LogP contribution in [0.4, 0.5) is 30.6 Å². The Bertz CT molecular complexity index is 1320. The number of rotatable bonds is 6. The first kappa shape index (κ1) is 24.2. The van der Waals surface area contributed by atoms with E-state index >= 15 is 0 Å². The maximum absolute atomic E-state index is 12.6. The van der Waals surface area contributed by atoms with Gasteiger partial charge in [0.25, 0.3) is 0 Å². The van der Waals surface area contributed by atoms with Crippen LogP contribution >= 0.6 is 0 Å². The molecule has 36 heavy (non-hydrogen) atoms. The number of nitrogens with zero attached hydrogens (tertiary/aromatic N) is 6. The van der Waals surface area contributed by atoms with Gasteiger partial charge in [0.2, 0.25) is 0 Å². The van der Waals surface area contributed by atoms with Gasteiger partial charge in [-0.05, 0) is 18.2 Å². The summed E-state index contributed by atoms with van der Waals surface area (Å²) in [6, 6.07) is 7.70. The highest BCUT2D eigenvalue weighted by molar-refractivity contribution is 7.91. The van der Waals surface area contributed by atoms with E-state index in [2.05, 4.69) is 34.9 Å². The molecule has 10 nitrogen and oxygen atoms in total. The normalized spacial score (nSPS) is 18.5. The fourth-order valence-corrected chi connectivity index (χ4v) is 5.29. The summed E-state index contributed by atoms with van der Waals surface area (Å²) in [5.74, 6) is 1.39. The molecule has 5 rings (SSSR count). The van der Waals surface area contributed by atoms with Crippen LogP contribution in [-0.2, 0) is 9.84 Å². The van der Waals surface area contributed by atoms with E-state index in [1.165, 1.54) is 6.20 Å². The molecule has 14 heteroatoms. The minimum Gasteiger partial charge on any atom is -0.406 e. The summed E-state index contributed by atoms with van der Waals surface area (Å²) in [5.41, 5.74) is 0.669. The van der Waals surface area contributed by atoms with E-state index in [0.717, 1.165) is 12.1 Å². The molecule has 3 aromatic heterocycles. The molecule has 0 saturated carbocycles. The third kappa shape index (κ3) is 5.82. The fourth-order valence-electron chi connectivity index (χ4n) is 4.06. The van der Waals surface area contributed by atoms with Crippen molar-refractivity contribution in [1.29, 1.82) is 0 Å². The molecule has 0 aromatic carbocycles. The van der Waals surface area contributed by atoms with E-state index < -0.39 is 21.9 Å². The Hall–Kier alpha value is -3.52.